The molecule has 0 aliphatic carbocycles. The van der Waals surface area contributed by atoms with Crippen LogP contribution in [0.25, 0.3) is 0 Å². The maximum absolute atomic E-state index is 11.4. The highest BCUT2D eigenvalue weighted by Gasteiger charge is 2.17. The molecule has 0 aromatic carbocycles. The summed E-state index contributed by atoms with van der Waals surface area (Å²) < 4.78 is 10.2. The molecule has 1 rings (SSSR count). The molecule has 0 aliphatic rings. The fourth-order valence-electron chi connectivity index (χ4n) is 0.871. The van der Waals surface area contributed by atoms with Crippen LogP contribution in [0, 0.1) is 0 Å². The van der Waals surface area contributed by atoms with Gasteiger partial charge in [0, 0.05) is 0 Å². The minimum Gasteiger partial charge on any atom is -0.459 e. The van der Waals surface area contributed by atoms with Gasteiger partial charge in [-0.25, -0.2) is 0 Å². The van der Waals surface area contributed by atoms with Crippen molar-refractivity contribution < 1.29 is 13.9 Å². The van der Waals surface area contributed by atoms with Gasteiger partial charge in [-0.05, 0) is 20.8 Å². The lowest BCUT2D eigenvalue weighted by molar-refractivity contribution is -0.151. The van der Waals surface area contributed by atoms with Crippen LogP contribution in [0.5, 0.6) is 0 Å². The normalized spacial score (nSPS) is 11.5. The third-order valence-electron chi connectivity index (χ3n) is 1.36. The van der Waals surface area contributed by atoms with E-state index >= 15 is 0 Å². The van der Waals surface area contributed by atoms with Gasteiger partial charge in [0.1, 0.15) is 11.4 Å². The van der Waals surface area contributed by atoms with Crippen molar-refractivity contribution >= 4 is 17.7 Å². The Morgan fingerprint density at radius 1 is 1.50 bits per heavy atom. The summed E-state index contributed by atoms with van der Waals surface area (Å²) in [6.45, 7) is 5.64. The standard InChI is InChI=1S/C9H15N3O3S/c1-9(2,3)15-7(13)5-16-8-12-11-6(4-10)14-8/h4-5,10H2,1-3H3. The first-order valence-corrected chi connectivity index (χ1v) is 5.76. The zero-order chi connectivity index (χ0) is 12.2. The Hall–Kier alpha value is -1.08. The SMILES string of the molecule is CC(C)(C)OC(=O)CSc1nnc(CN)o1. The molecule has 2 N–H and O–H groups in total. The van der Waals surface area contributed by atoms with E-state index < -0.39 is 5.60 Å². The molecule has 0 atom stereocenters. The van der Waals surface area contributed by atoms with Gasteiger partial charge >= 0.3 is 5.97 Å². The molecule has 90 valence electrons. The Bertz CT molecular complexity index is 359. The first kappa shape index (κ1) is 13.0. The van der Waals surface area contributed by atoms with Crippen molar-refractivity contribution in [2.75, 3.05) is 5.75 Å². The van der Waals surface area contributed by atoms with Crippen LogP contribution in [0.3, 0.4) is 0 Å². The third-order valence-corrected chi connectivity index (χ3v) is 2.15. The Morgan fingerprint density at radius 2 is 2.19 bits per heavy atom. The molecule has 0 amide bonds. The topological polar surface area (TPSA) is 91.2 Å². The van der Waals surface area contributed by atoms with Crippen molar-refractivity contribution in [3.05, 3.63) is 5.89 Å². The summed E-state index contributed by atoms with van der Waals surface area (Å²) in [5.41, 5.74) is 4.83. The van der Waals surface area contributed by atoms with Gasteiger partial charge < -0.3 is 14.9 Å². The average Bonchev–Trinajstić information content (AvgIpc) is 2.59. The summed E-state index contributed by atoms with van der Waals surface area (Å²) in [6.07, 6.45) is 0. The van der Waals surface area contributed by atoms with Crippen molar-refractivity contribution in [3.63, 3.8) is 0 Å². The van der Waals surface area contributed by atoms with Crippen LogP contribution in [0.1, 0.15) is 26.7 Å². The Kier molecular flexibility index (Phi) is 4.31. The zero-order valence-electron chi connectivity index (χ0n) is 9.52. The van der Waals surface area contributed by atoms with Crippen LogP contribution in [-0.4, -0.2) is 27.5 Å². The van der Waals surface area contributed by atoms with Crippen molar-refractivity contribution in [1.82, 2.24) is 10.2 Å². The molecular weight excluding hydrogens is 230 g/mol. The highest BCUT2D eigenvalue weighted by molar-refractivity contribution is 7.99. The number of hydrogen-bond acceptors (Lipinski definition) is 7. The second-order valence-corrected chi connectivity index (χ2v) is 4.97. The van der Waals surface area contributed by atoms with E-state index in [2.05, 4.69) is 10.2 Å². The summed E-state index contributed by atoms with van der Waals surface area (Å²) >= 11 is 1.14. The number of carbonyl (C=O) groups excluding carboxylic acids is 1. The van der Waals surface area contributed by atoms with Gasteiger partial charge in [0.2, 0.25) is 5.89 Å². The molecular formula is C9H15N3O3S. The molecule has 16 heavy (non-hydrogen) atoms. The third kappa shape index (κ3) is 4.63. The molecule has 0 spiro atoms. The summed E-state index contributed by atoms with van der Waals surface area (Å²) in [6, 6.07) is 0. The van der Waals surface area contributed by atoms with Gasteiger partial charge in [0.25, 0.3) is 5.22 Å². The number of carbonyl (C=O) groups is 1. The largest absolute Gasteiger partial charge is 0.459 e. The summed E-state index contributed by atoms with van der Waals surface area (Å²) in [4.78, 5) is 11.4. The van der Waals surface area contributed by atoms with E-state index in [1.54, 1.807) is 0 Å². The molecule has 1 aromatic rings. The van der Waals surface area contributed by atoms with E-state index in [0.717, 1.165) is 11.8 Å². The molecule has 0 unspecified atom stereocenters. The van der Waals surface area contributed by atoms with E-state index in [4.69, 9.17) is 14.9 Å². The lowest BCUT2D eigenvalue weighted by atomic mass is 10.2. The number of nitrogens with two attached hydrogens (primary N) is 1. The van der Waals surface area contributed by atoms with Crippen LogP contribution in [0.15, 0.2) is 9.64 Å². The van der Waals surface area contributed by atoms with E-state index in [0.29, 0.717) is 11.1 Å². The van der Waals surface area contributed by atoms with Gasteiger partial charge in [0.15, 0.2) is 0 Å². The fraction of sp³-hybridized carbons (Fsp3) is 0.667. The van der Waals surface area contributed by atoms with Gasteiger partial charge in [0.05, 0.1) is 6.54 Å². The number of hydrogen-bond donors (Lipinski definition) is 1. The van der Waals surface area contributed by atoms with Gasteiger partial charge in [-0.2, -0.15) is 0 Å². The van der Waals surface area contributed by atoms with Crippen molar-refractivity contribution in [2.45, 2.75) is 38.1 Å². The van der Waals surface area contributed by atoms with Crippen LogP contribution in [0.2, 0.25) is 0 Å². The molecule has 1 heterocycles. The van der Waals surface area contributed by atoms with E-state index in [1.807, 2.05) is 20.8 Å². The first-order chi connectivity index (χ1) is 7.40. The van der Waals surface area contributed by atoms with Gasteiger partial charge in [-0.1, -0.05) is 11.8 Å². The average molecular weight is 245 g/mol. The van der Waals surface area contributed by atoms with E-state index in [9.17, 15) is 4.79 Å². The molecule has 0 saturated carbocycles. The number of ether oxygens (including phenoxy) is 1. The maximum atomic E-state index is 11.4. The minimum atomic E-state index is -0.477. The number of thioether (sulfide) groups is 1. The second-order valence-electron chi connectivity index (χ2n) is 4.04. The quantitative estimate of drug-likeness (QED) is 0.624. The minimum absolute atomic E-state index is 0.142. The van der Waals surface area contributed by atoms with E-state index in [-0.39, 0.29) is 18.3 Å². The monoisotopic (exact) mass is 245 g/mol. The molecule has 0 fully saturated rings. The molecule has 7 heteroatoms. The predicted octanol–water partition coefficient (Wildman–Crippen LogP) is 0.962. The molecule has 0 saturated heterocycles. The predicted molar refractivity (Wildman–Crippen MR) is 58.8 cm³/mol. The summed E-state index contributed by atoms with van der Waals surface area (Å²) in [5, 5.41) is 7.71. The van der Waals surface area contributed by atoms with Crippen molar-refractivity contribution in [2.24, 2.45) is 5.73 Å². The molecule has 6 nitrogen and oxygen atoms in total. The van der Waals surface area contributed by atoms with Crippen molar-refractivity contribution in [1.29, 1.82) is 0 Å². The Labute approximate surface area is 97.9 Å². The molecule has 0 radical (unpaired) electrons. The number of rotatable bonds is 4. The van der Waals surface area contributed by atoms with Crippen LogP contribution < -0.4 is 5.73 Å². The summed E-state index contributed by atoms with van der Waals surface area (Å²) in [5.74, 6) is 0.181. The lowest BCUT2D eigenvalue weighted by Gasteiger charge is -2.18. The lowest BCUT2D eigenvalue weighted by Crippen LogP contribution is -2.24. The second kappa shape index (κ2) is 5.31. The number of nitrogens with zero attached hydrogens (tertiary/aromatic N) is 2. The van der Waals surface area contributed by atoms with E-state index in [1.165, 1.54) is 0 Å². The highest BCUT2D eigenvalue weighted by Crippen LogP contribution is 2.17. The van der Waals surface area contributed by atoms with Gasteiger partial charge in [-0.3, -0.25) is 4.79 Å². The molecule has 0 aliphatic heterocycles. The zero-order valence-corrected chi connectivity index (χ0v) is 10.3. The Morgan fingerprint density at radius 3 is 2.69 bits per heavy atom. The maximum Gasteiger partial charge on any atom is 0.316 e. The Balaban J connectivity index is 2.37. The van der Waals surface area contributed by atoms with Crippen LogP contribution in [-0.2, 0) is 16.1 Å². The number of aromatic nitrogens is 2. The smallest absolute Gasteiger partial charge is 0.316 e. The fourth-order valence-corrected chi connectivity index (χ4v) is 1.42. The molecule has 1 aromatic heterocycles. The number of esters is 1. The van der Waals surface area contributed by atoms with Crippen molar-refractivity contribution in [3.8, 4) is 0 Å². The van der Waals surface area contributed by atoms with Gasteiger partial charge in [-0.15, -0.1) is 10.2 Å². The molecule has 0 bridgehead atoms. The van der Waals surface area contributed by atoms with Crippen LogP contribution in [0.4, 0.5) is 0 Å². The highest BCUT2D eigenvalue weighted by atomic mass is 32.2. The van der Waals surface area contributed by atoms with Crippen LogP contribution >= 0.6 is 11.8 Å². The summed E-state index contributed by atoms with van der Waals surface area (Å²) in [7, 11) is 0. The first-order valence-electron chi connectivity index (χ1n) is 4.78.